The highest BCUT2D eigenvalue weighted by molar-refractivity contribution is 9.10. The van der Waals surface area contributed by atoms with Crippen molar-refractivity contribution in [3.05, 3.63) is 64.0 Å². The Hall–Kier alpha value is -2.41. The summed E-state index contributed by atoms with van der Waals surface area (Å²) in [6, 6.07) is 11.8. The lowest BCUT2D eigenvalue weighted by Crippen LogP contribution is -2.17. The molecule has 2 aromatic heterocycles. The smallest absolute Gasteiger partial charge is 0.278 e. The molecule has 3 aromatic rings. The van der Waals surface area contributed by atoms with Crippen LogP contribution in [-0.4, -0.2) is 25.5 Å². The van der Waals surface area contributed by atoms with E-state index >= 15 is 0 Å². The second-order valence-corrected chi connectivity index (χ2v) is 6.12. The van der Waals surface area contributed by atoms with E-state index in [-0.39, 0.29) is 5.91 Å². The topological polar surface area (TPSA) is 64.7 Å². The first-order chi connectivity index (χ1) is 11.0. The van der Waals surface area contributed by atoms with Gasteiger partial charge in [-0.3, -0.25) is 9.48 Å². The average Bonchev–Trinajstić information content (AvgIpc) is 3.02. The van der Waals surface area contributed by atoms with Gasteiger partial charge in [0.05, 0.1) is 16.7 Å². The number of nitrogens with zero attached hydrogens (tertiary/aromatic N) is 4. The second-order valence-electron chi connectivity index (χ2n) is 5.27. The molecule has 0 fully saturated rings. The van der Waals surface area contributed by atoms with E-state index in [0.29, 0.717) is 22.5 Å². The van der Waals surface area contributed by atoms with Gasteiger partial charge < -0.3 is 5.32 Å². The molecule has 0 radical (unpaired) electrons. The molecule has 118 valence electrons. The molecule has 0 aliphatic heterocycles. The van der Waals surface area contributed by atoms with Gasteiger partial charge in [-0.25, -0.2) is 4.68 Å². The number of hydrogen-bond donors (Lipinski definition) is 1. The molecule has 3 rings (SSSR count). The van der Waals surface area contributed by atoms with Crippen molar-refractivity contribution in [2.75, 3.05) is 5.32 Å². The van der Waals surface area contributed by atoms with Crippen molar-refractivity contribution in [1.82, 2.24) is 19.6 Å². The molecule has 0 saturated carbocycles. The van der Waals surface area contributed by atoms with Crippen LogP contribution in [0.15, 0.2) is 47.1 Å². The predicted molar refractivity (Wildman–Crippen MR) is 91.4 cm³/mol. The molecule has 6 nitrogen and oxygen atoms in total. The first-order valence-corrected chi connectivity index (χ1v) is 7.91. The molecule has 0 unspecified atom stereocenters. The molecule has 0 aliphatic carbocycles. The maximum absolute atomic E-state index is 12.4. The largest absolute Gasteiger partial charge is 0.305 e. The van der Waals surface area contributed by atoms with E-state index < -0.39 is 0 Å². The third-order valence-corrected chi connectivity index (χ3v) is 3.90. The van der Waals surface area contributed by atoms with Crippen LogP contribution in [0.25, 0.3) is 0 Å². The summed E-state index contributed by atoms with van der Waals surface area (Å²) >= 11 is 3.34. The highest BCUT2D eigenvalue weighted by Crippen LogP contribution is 2.18. The van der Waals surface area contributed by atoms with Crippen molar-refractivity contribution in [3.63, 3.8) is 0 Å². The number of nitrogens with one attached hydrogen (secondary N) is 1. The summed E-state index contributed by atoms with van der Waals surface area (Å²) < 4.78 is 4.02. The molecular formula is C16H16BrN5O. The quantitative estimate of drug-likeness (QED) is 0.764. The van der Waals surface area contributed by atoms with Gasteiger partial charge in [-0.05, 0) is 28.4 Å². The average molecular weight is 374 g/mol. The maximum atomic E-state index is 12.4. The first-order valence-electron chi connectivity index (χ1n) is 7.12. The Labute approximate surface area is 142 Å². The molecule has 0 spiro atoms. The van der Waals surface area contributed by atoms with Gasteiger partial charge in [0.2, 0.25) is 0 Å². The van der Waals surface area contributed by atoms with E-state index in [0.717, 1.165) is 11.3 Å². The Morgan fingerprint density at radius 1 is 1.26 bits per heavy atom. The second kappa shape index (κ2) is 6.37. The van der Waals surface area contributed by atoms with Gasteiger partial charge in [0.1, 0.15) is 5.82 Å². The number of anilines is 1. The normalized spacial score (nSPS) is 10.7. The molecule has 1 aromatic carbocycles. The fourth-order valence-corrected chi connectivity index (χ4v) is 2.87. The molecule has 7 heteroatoms. The number of aromatic nitrogens is 4. The van der Waals surface area contributed by atoms with Gasteiger partial charge in [0.15, 0.2) is 5.69 Å². The van der Waals surface area contributed by atoms with Gasteiger partial charge >= 0.3 is 0 Å². The van der Waals surface area contributed by atoms with Crippen molar-refractivity contribution >= 4 is 27.7 Å². The van der Waals surface area contributed by atoms with Crippen molar-refractivity contribution in [2.45, 2.75) is 13.5 Å². The predicted octanol–water partition coefficient (Wildman–Crippen LogP) is 2.99. The lowest BCUT2D eigenvalue weighted by molar-refractivity contribution is 0.102. The highest BCUT2D eigenvalue weighted by Gasteiger charge is 2.17. The van der Waals surface area contributed by atoms with Crippen LogP contribution in [0.2, 0.25) is 0 Å². The maximum Gasteiger partial charge on any atom is 0.278 e. The van der Waals surface area contributed by atoms with Crippen LogP contribution >= 0.6 is 15.9 Å². The van der Waals surface area contributed by atoms with Crippen LogP contribution in [0.3, 0.4) is 0 Å². The van der Waals surface area contributed by atoms with E-state index in [1.54, 1.807) is 22.6 Å². The van der Waals surface area contributed by atoms with Gasteiger partial charge in [0, 0.05) is 19.3 Å². The van der Waals surface area contributed by atoms with Crippen LogP contribution in [0, 0.1) is 6.92 Å². The summed E-state index contributed by atoms with van der Waals surface area (Å²) in [6.07, 6.45) is 1.74. The number of hydrogen-bond acceptors (Lipinski definition) is 3. The number of benzene rings is 1. The number of halogens is 1. The van der Waals surface area contributed by atoms with Crippen LogP contribution in [0.4, 0.5) is 5.82 Å². The number of carbonyl (C=O) groups is 1. The van der Waals surface area contributed by atoms with Gasteiger partial charge in [-0.15, -0.1) is 0 Å². The zero-order chi connectivity index (χ0) is 16.4. The van der Waals surface area contributed by atoms with E-state index in [1.165, 1.54) is 0 Å². The van der Waals surface area contributed by atoms with Crippen LogP contribution in [-0.2, 0) is 13.6 Å². The van der Waals surface area contributed by atoms with E-state index in [4.69, 9.17) is 0 Å². The molecule has 0 aliphatic rings. The van der Waals surface area contributed by atoms with E-state index in [1.807, 2.05) is 43.3 Å². The van der Waals surface area contributed by atoms with Gasteiger partial charge in [-0.1, -0.05) is 30.3 Å². The van der Waals surface area contributed by atoms with Crippen molar-refractivity contribution in [3.8, 4) is 0 Å². The summed E-state index contributed by atoms with van der Waals surface area (Å²) in [5.74, 6) is 0.376. The number of carbonyl (C=O) groups excluding carboxylic acids is 1. The Balaban J connectivity index is 1.83. The van der Waals surface area contributed by atoms with Crippen LogP contribution in [0.5, 0.6) is 0 Å². The van der Waals surface area contributed by atoms with Gasteiger partial charge in [0.25, 0.3) is 5.91 Å². The third-order valence-electron chi connectivity index (χ3n) is 3.32. The Kier molecular flexibility index (Phi) is 4.29. The summed E-state index contributed by atoms with van der Waals surface area (Å²) in [5.41, 5.74) is 2.30. The molecule has 1 amide bonds. The summed E-state index contributed by atoms with van der Waals surface area (Å²) in [4.78, 5) is 12.4. The van der Waals surface area contributed by atoms with Crippen molar-refractivity contribution < 1.29 is 4.79 Å². The summed E-state index contributed by atoms with van der Waals surface area (Å²) in [5, 5.41) is 11.5. The number of amides is 1. The molecule has 2 heterocycles. The molecule has 1 N–H and O–H groups in total. The molecule has 0 bridgehead atoms. The van der Waals surface area contributed by atoms with Crippen LogP contribution < -0.4 is 5.32 Å². The van der Waals surface area contributed by atoms with E-state index in [2.05, 4.69) is 31.4 Å². The fourth-order valence-electron chi connectivity index (χ4n) is 2.31. The Bertz CT molecular complexity index is 838. The minimum absolute atomic E-state index is 0.272. The zero-order valence-electron chi connectivity index (χ0n) is 12.8. The first kappa shape index (κ1) is 15.5. The van der Waals surface area contributed by atoms with Crippen LogP contribution in [0.1, 0.15) is 21.7 Å². The van der Waals surface area contributed by atoms with Crippen molar-refractivity contribution in [2.24, 2.45) is 7.05 Å². The monoisotopic (exact) mass is 373 g/mol. The molecule has 0 saturated heterocycles. The molecular weight excluding hydrogens is 358 g/mol. The summed E-state index contributed by atoms with van der Waals surface area (Å²) in [6.45, 7) is 2.49. The molecule has 0 atom stereocenters. The zero-order valence-corrected chi connectivity index (χ0v) is 14.4. The fraction of sp³-hybridized carbons (Fsp3) is 0.188. The Morgan fingerprint density at radius 2 is 2.00 bits per heavy atom. The minimum Gasteiger partial charge on any atom is -0.305 e. The molecule has 23 heavy (non-hydrogen) atoms. The highest BCUT2D eigenvalue weighted by atomic mass is 79.9. The third kappa shape index (κ3) is 3.50. The summed E-state index contributed by atoms with van der Waals surface area (Å²) in [7, 11) is 1.77. The number of rotatable bonds is 4. The Morgan fingerprint density at radius 3 is 2.65 bits per heavy atom. The standard InChI is InChI=1S/C16H16BrN5O/c1-11-8-14(18-16(23)15-13(17)10-21(2)20-15)22(19-11)9-12-6-4-3-5-7-12/h3-8,10H,9H2,1-2H3,(H,18,23). The lowest BCUT2D eigenvalue weighted by Gasteiger charge is -2.08. The van der Waals surface area contributed by atoms with Crippen molar-refractivity contribution in [1.29, 1.82) is 0 Å². The van der Waals surface area contributed by atoms with E-state index in [9.17, 15) is 4.79 Å². The SMILES string of the molecule is Cc1cc(NC(=O)c2nn(C)cc2Br)n(Cc2ccccc2)n1. The lowest BCUT2D eigenvalue weighted by atomic mass is 10.2. The number of aryl methyl sites for hydroxylation is 2. The van der Waals surface area contributed by atoms with Gasteiger partial charge in [-0.2, -0.15) is 10.2 Å². The minimum atomic E-state index is -0.272.